The molecule has 0 saturated carbocycles. The van der Waals surface area contributed by atoms with Gasteiger partial charge in [0.15, 0.2) is 5.16 Å². The molecule has 0 radical (unpaired) electrons. The van der Waals surface area contributed by atoms with Crippen LogP contribution in [0.1, 0.15) is 6.92 Å². The van der Waals surface area contributed by atoms with E-state index >= 15 is 0 Å². The minimum Gasteiger partial charge on any atom is -0.480 e. The molecule has 1 aromatic carbocycles. The van der Waals surface area contributed by atoms with E-state index in [-0.39, 0.29) is 10.7 Å². The molecule has 0 aliphatic heterocycles. The van der Waals surface area contributed by atoms with Crippen molar-refractivity contribution in [1.29, 1.82) is 0 Å². The lowest BCUT2D eigenvalue weighted by atomic mass is 10.2. The summed E-state index contributed by atoms with van der Waals surface area (Å²) in [6.45, 7) is 1.52. The highest BCUT2D eigenvalue weighted by atomic mass is 32.2. The molecule has 1 atom stereocenters. The molecule has 0 spiro atoms. The number of nitrogen functional groups attached to an aromatic ring is 1. The highest BCUT2D eigenvalue weighted by molar-refractivity contribution is 8.00. The van der Waals surface area contributed by atoms with Crippen LogP contribution >= 0.6 is 23.1 Å². The maximum Gasteiger partial charge on any atom is 0.316 e. The molecule has 2 heterocycles. The van der Waals surface area contributed by atoms with Crippen LogP contribution in [-0.4, -0.2) is 26.0 Å². The lowest BCUT2D eigenvalue weighted by molar-refractivity contribution is -0.136. The number of aliphatic carboxylic acids is 1. The normalized spacial score (nSPS) is 12.8. The van der Waals surface area contributed by atoms with Gasteiger partial charge in [-0.2, -0.15) is 0 Å². The maximum atomic E-state index is 12.3. The molecule has 8 heteroatoms. The molecule has 108 valence electrons. The van der Waals surface area contributed by atoms with Gasteiger partial charge < -0.3 is 10.9 Å². The molecule has 3 N–H and O–H groups in total. The largest absolute Gasteiger partial charge is 0.480 e. The van der Waals surface area contributed by atoms with E-state index < -0.39 is 11.2 Å². The summed E-state index contributed by atoms with van der Waals surface area (Å²) in [6.07, 6.45) is 0. The number of fused-ring (bicyclic) bond motifs is 3. The van der Waals surface area contributed by atoms with Crippen molar-refractivity contribution in [3.8, 4) is 0 Å². The number of nitrogens with two attached hydrogens (primary N) is 1. The van der Waals surface area contributed by atoms with Crippen molar-refractivity contribution in [2.75, 3.05) is 5.84 Å². The summed E-state index contributed by atoms with van der Waals surface area (Å²) in [5.41, 5.74) is 0.212. The lowest BCUT2D eigenvalue weighted by Crippen LogP contribution is -2.30. The van der Waals surface area contributed by atoms with Crippen LogP contribution < -0.4 is 11.4 Å². The van der Waals surface area contributed by atoms with Crippen molar-refractivity contribution in [2.45, 2.75) is 17.3 Å². The van der Waals surface area contributed by atoms with E-state index in [1.165, 1.54) is 18.3 Å². The molecule has 3 aromatic rings. The lowest BCUT2D eigenvalue weighted by Gasteiger charge is -2.09. The predicted octanol–water partition coefficient (Wildman–Crippen LogP) is 1.89. The number of rotatable bonds is 3. The molecule has 6 nitrogen and oxygen atoms in total. The van der Waals surface area contributed by atoms with E-state index in [2.05, 4.69) is 4.98 Å². The molecular weight excluding hydrogens is 310 g/mol. The van der Waals surface area contributed by atoms with Crippen LogP contribution in [0.5, 0.6) is 0 Å². The predicted molar refractivity (Wildman–Crippen MR) is 84.5 cm³/mol. The molecule has 0 amide bonds. The van der Waals surface area contributed by atoms with Crippen LogP contribution in [0.25, 0.3) is 20.3 Å². The second kappa shape index (κ2) is 5.05. The van der Waals surface area contributed by atoms with Crippen molar-refractivity contribution >= 4 is 49.4 Å². The Labute approximate surface area is 127 Å². The van der Waals surface area contributed by atoms with Gasteiger partial charge in [0, 0.05) is 10.1 Å². The van der Waals surface area contributed by atoms with E-state index in [0.717, 1.165) is 26.5 Å². The van der Waals surface area contributed by atoms with Crippen molar-refractivity contribution in [3.05, 3.63) is 34.6 Å². The van der Waals surface area contributed by atoms with E-state index in [1.807, 2.05) is 24.3 Å². The number of thiophene rings is 1. The van der Waals surface area contributed by atoms with E-state index in [4.69, 9.17) is 10.9 Å². The zero-order valence-corrected chi connectivity index (χ0v) is 12.6. The van der Waals surface area contributed by atoms with Crippen molar-refractivity contribution in [2.24, 2.45) is 0 Å². The van der Waals surface area contributed by atoms with Gasteiger partial charge in [-0.3, -0.25) is 9.59 Å². The van der Waals surface area contributed by atoms with Gasteiger partial charge in [-0.1, -0.05) is 30.0 Å². The average Bonchev–Trinajstić information content (AvgIpc) is 2.83. The van der Waals surface area contributed by atoms with Crippen LogP contribution in [0.2, 0.25) is 0 Å². The smallest absolute Gasteiger partial charge is 0.316 e. The summed E-state index contributed by atoms with van der Waals surface area (Å²) < 4.78 is 2.35. The summed E-state index contributed by atoms with van der Waals surface area (Å²) in [5, 5.41) is 9.31. The number of carboxylic acid groups (broad SMARTS) is 1. The Kier molecular flexibility index (Phi) is 3.34. The molecule has 0 bridgehead atoms. The highest BCUT2D eigenvalue weighted by Crippen LogP contribution is 2.31. The van der Waals surface area contributed by atoms with Crippen LogP contribution in [0.4, 0.5) is 0 Å². The molecule has 21 heavy (non-hydrogen) atoms. The van der Waals surface area contributed by atoms with E-state index in [9.17, 15) is 9.59 Å². The number of benzene rings is 1. The summed E-state index contributed by atoms with van der Waals surface area (Å²) >= 11 is 2.29. The standard InChI is InChI=1S/C13H11N3O3S2/c1-6(12(18)19)20-13-15-9-7-4-2-3-5-8(7)21-10(9)11(17)16(13)14/h2-6H,14H2,1H3,(H,18,19). The Bertz CT molecular complexity index is 916. The fourth-order valence-corrected chi connectivity index (χ4v) is 3.76. The number of aromatic nitrogens is 2. The first kappa shape index (κ1) is 13.9. The van der Waals surface area contributed by atoms with E-state index in [1.54, 1.807) is 0 Å². The highest BCUT2D eigenvalue weighted by Gasteiger charge is 2.19. The Hall–Kier alpha value is -2.06. The molecule has 0 aliphatic carbocycles. The maximum absolute atomic E-state index is 12.3. The van der Waals surface area contributed by atoms with Gasteiger partial charge in [0.25, 0.3) is 5.56 Å². The number of hydrogen-bond acceptors (Lipinski definition) is 6. The van der Waals surface area contributed by atoms with Crippen molar-refractivity contribution < 1.29 is 9.90 Å². The number of hydrogen-bond donors (Lipinski definition) is 2. The summed E-state index contributed by atoms with van der Waals surface area (Å²) in [7, 11) is 0. The molecule has 0 fully saturated rings. The summed E-state index contributed by atoms with van der Waals surface area (Å²) in [5.74, 6) is 4.77. The monoisotopic (exact) mass is 321 g/mol. The first-order valence-electron chi connectivity index (χ1n) is 6.08. The quantitative estimate of drug-likeness (QED) is 0.434. The van der Waals surface area contributed by atoms with Gasteiger partial charge in [0.2, 0.25) is 0 Å². The minimum atomic E-state index is -0.982. The summed E-state index contributed by atoms with van der Waals surface area (Å²) in [6, 6.07) is 7.56. The third-order valence-electron chi connectivity index (χ3n) is 3.03. The van der Waals surface area contributed by atoms with Crippen LogP contribution in [0, 0.1) is 0 Å². The number of thioether (sulfide) groups is 1. The molecule has 0 aliphatic rings. The third-order valence-corrected chi connectivity index (χ3v) is 5.23. The van der Waals surface area contributed by atoms with Gasteiger partial charge in [0.05, 0.1) is 5.52 Å². The van der Waals surface area contributed by atoms with Crippen molar-refractivity contribution in [1.82, 2.24) is 9.66 Å². The number of carboxylic acids is 1. The topological polar surface area (TPSA) is 98.2 Å². The Morgan fingerprint density at radius 1 is 1.48 bits per heavy atom. The minimum absolute atomic E-state index is 0.200. The second-order valence-corrected chi connectivity index (χ2v) is 6.80. The van der Waals surface area contributed by atoms with Crippen LogP contribution in [0.3, 0.4) is 0 Å². The first-order chi connectivity index (χ1) is 9.99. The van der Waals surface area contributed by atoms with Crippen LogP contribution in [-0.2, 0) is 4.79 Å². The third kappa shape index (κ3) is 2.26. The molecule has 0 saturated heterocycles. The zero-order chi connectivity index (χ0) is 15.1. The van der Waals surface area contributed by atoms with E-state index in [0.29, 0.717) is 10.2 Å². The van der Waals surface area contributed by atoms with Gasteiger partial charge in [-0.25, -0.2) is 9.66 Å². The molecular formula is C13H11N3O3S2. The van der Waals surface area contributed by atoms with Gasteiger partial charge in [-0.15, -0.1) is 11.3 Å². The molecule has 2 aromatic heterocycles. The zero-order valence-electron chi connectivity index (χ0n) is 10.9. The molecule has 3 rings (SSSR count). The second-order valence-electron chi connectivity index (χ2n) is 4.44. The average molecular weight is 321 g/mol. The SMILES string of the molecule is CC(Sc1nc2c(sc3ccccc32)c(=O)n1N)C(=O)O. The number of carbonyl (C=O) groups is 1. The Balaban J connectivity index is 2.27. The molecule has 1 unspecified atom stereocenters. The van der Waals surface area contributed by atoms with Gasteiger partial charge >= 0.3 is 5.97 Å². The Morgan fingerprint density at radius 3 is 2.90 bits per heavy atom. The number of nitrogens with zero attached hydrogens (tertiary/aromatic N) is 2. The summed E-state index contributed by atoms with van der Waals surface area (Å²) in [4.78, 5) is 27.7. The first-order valence-corrected chi connectivity index (χ1v) is 7.77. The fourth-order valence-electron chi connectivity index (χ4n) is 1.93. The fraction of sp³-hybridized carbons (Fsp3) is 0.154. The van der Waals surface area contributed by atoms with Crippen molar-refractivity contribution in [3.63, 3.8) is 0 Å². The van der Waals surface area contributed by atoms with Gasteiger partial charge in [-0.05, 0) is 13.0 Å². The van der Waals surface area contributed by atoms with Crippen LogP contribution in [0.15, 0.2) is 34.2 Å². The van der Waals surface area contributed by atoms with Gasteiger partial charge in [0.1, 0.15) is 9.95 Å². The Morgan fingerprint density at radius 2 is 2.19 bits per heavy atom.